The van der Waals surface area contributed by atoms with Gasteiger partial charge in [0, 0.05) is 29.8 Å². The van der Waals surface area contributed by atoms with Gasteiger partial charge in [0.1, 0.15) is 0 Å². The van der Waals surface area contributed by atoms with Crippen LogP contribution >= 0.6 is 0 Å². The molecule has 1 rings (SSSR count). The highest BCUT2D eigenvalue weighted by molar-refractivity contribution is 5.95. The van der Waals surface area contributed by atoms with Crippen molar-refractivity contribution in [2.45, 2.75) is 64.5 Å². The number of hydrogen-bond acceptors (Lipinski definition) is 3. The number of ketones is 1. The molecule has 3 N–H and O–H groups in total. The van der Waals surface area contributed by atoms with E-state index in [-0.39, 0.29) is 11.8 Å². The lowest BCUT2D eigenvalue weighted by Crippen LogP contribution is -2.35. The van der Waals surface area contributed by atoms with E-state index in [1.165, 1.54) is 0 Å². The molecular formula is C21H32N2O. The fourth-order valence-corrected chi connectivity index (χ4v) is 2.63. The Balaban J connectivity index is 2.20. The number of Topliss-reactive ketones (excluding diaryl/α,β-unsaturated/α-hetero) is 1. The van der Waals surface area contributed by atoms with Crippen LogP contribution in [0.15, 0.2) is 54.8 Å². The summed E-state index contributed by atoms with van der Waals surface area (Å²) in [5.41, 5.74) is 7.91. The third-order valence-corrected chi connectivity index (χ3v) is 4.20. The van der Waals surface area contributed by atoms with Crippen LogP contribution in [0.3, 0.4) is 0 Å². The van der Waals surface area contributed by atoms with E-state index in [0.29, 0.717) is 12.5 Å². The molecule has 2 atom stereocenters. The van der Waals surface area contributed by atoms with Crippen molar-refractivity contribution in [2.75, 3.05) is 0 Å². The molecule has 0 aliphatic rings. The van der Waals surface area contributed by atoms with Gasteiger partial charge in [-0.05, 0) is 26.2 Å². The fraction of sp³-hybridized carbons (Fsp3) is 0.476. The molecule has 0 saturated carbocycles. The van der Waals surface area contributed by atoms with Crippen LogP contribution in [0, 0.1) is 0 Å². The molecule has 0 amide bonds. The number of carbonyl (C=O) groups excluding carboxylic acids is 1. The van der Waals surface area contributed by atoms with Gasteiger partial charge in [0.05, 0.1) is 0 Å². The Hall–Kier alpha value is -1.87. The first kappa shape index (κ1) is 20.2. The maximum Gasteiger partial charge on any atom is 0.162 e. The Kier molecular flexibility index (Phi) is 9.78. The van der Waals surface area contributed by atoms with E-state index in [2.05, 4.69) is 24.9 Å². The molecule has 0 aliphatic heterocycles. The summed E-state index contributed by atoms with van der Waals surface area (Å²) in [5.74, 6) is 0.225. The van der Waals surface area contributed by atoms with Gasteiger partial charge in [0.25, 0.3) is 0 Å². The van der Waals surface area contributed by atoms with Crippen LogP contribution in [-0.4, -0.2) is 17.9 Å². The van der Waals surface area contributed by atoms with E-state index < -0.39 is 0 Å². The van der Waals surface area contributed by atoms with Crippen LogP contribution in [0.25, 0.3) is 0 Å². The van der Waals surface area contributed by atoms with Gasteiger partial charge < -0.3 is 11.1 Å². The van der Waals surface area contributed by atoms with E-state index in [1.807, 2.05) is 43.3 Å². The third kappa shape index (κ3) is 7.60. The lowest BCUT2D eigenvalue weighted by Gasteiger charge is -2.21. The molecule has 3 nitrogen and oxygen atoms in total. The minimum Gasteiger partial charge on any atom is -0.381 e. The average Bonchev–Trinajstić information content (AvgIpc) is 2.61. The maximum atomic E-state index is 12.0. The summed E-state index contributed by atoms with van der Waals surface area (Å²) >= 11 is 0. The van der Waals surface area contributed by atoms with Crippen molar-refractivity contribution in [3.63, 3.8) is 0 Å². The molecule has 0 spiro atoms. The highest BCUT2D eigenvalue weighted by Crippen LogP contribution is 2.12. The lowest BCUT2D eigenvalue weighted by atomic mass is 10.0. The van der Waals surface area contributed by atoms with E-state index >= 15 is 0 Å². The Morgan fingerprint density at radius 3 is 2.58 bits per heavy atom. The molecule has 0 aromatic heterocycles. The molecule has 132 valence electrons. The predicted octanol–water partition coefficient (Wildman–Crippen LogP) is 4.61. The molecule has 2 unspecified atom stereocenters. The molecule has 0 radical (unpaired) electrons. The van der Waals surface area contributed by atoms with Gasteiger partial charge in [0.15, 0.2) is 5.78 Å². The highest BCUT2D eigenvalue weighted by atomic mass is 16.1. The van der Waals surface area contributed by atoms with E-state index in [4.69, 9.17) is 5.73 Å². The van der Waals surface area contributed by atoms with Crippen LogP contribution in [0.1, 0.15) is 62.7 Å². The maximum absolute atomic E-state index is 12.0. The summed E-state index contributed by atoms with van der Waals surface area (Å²) in [7, 11) is 0. The van der Waals surface area contributed by atoms with Crippen LogP contribution < -0.4 is 11.1 Å². The Bertz CT molecular complexity index is 522. The minimum atomic E-state index is -0.0332. The van der Waals surface area contributed by atoms with E-state index in [0.717, 1.165) is 43.4 Å². The summed E-state index contributed by atoms with van der Waals surface area (Å²) in [6.07, 6.45) is 9.65. The first-order valence-corrected chi connectivity index (χ1v) is 9.00. The van der Waals surface area contributed by atoms with Crippen molar-refractivity contribution in [2.24, 2.45) is 5.73 Å². The first-order chi connectivity index (χ1) is 11.6. The molecule has 1 aromatic rings. The van der Waals surface area contributed by atoms with Crippen molar-refractivity contribution < 1.29 is 4.79 Å². The predicted molar refractivity (Wildman–Crippen MR) is 103 cm³/mol. The average molecular weight is 328 g/mol. The minimum absolute atomic E-state index is 0.0332. The van der Waals surface area contributed by atoms with Gasteiger partial charge in [-0.15, -0.1) is 0 Å². The normalized spacial score (nSPS) is 13.6. The molecule has 1 aromatic carbocycles. The number of allylic oxidation sites excluding steroid dienone is 1. The van der Waals surface area contributed by atoms with Gasteiger partial charge in [0.2, 0.25) is 0 Å². The van der Waals surface area contributed by atoms with Gasteiger partial charge in [-0.1, -0.05) is 68.8 Å². The highest BCUT2D eigenvalue weighted by Gasteiger charge is 2.10. The second-order valence-electron chi connectivity index (χ2n) is 6.21. The van der Waals surface area contributed by atoms with Crippen LogP contribution in [0.4, 0.5) is 0 Å². The number of benzene rings is 1. The quantitative estimate of drug-likeness (QED) is 0.335. The topological polar surface area (TPSA) is 55.1 Å². The number of carbonyl (C=O) groups is 1. The second kappa shape index (κ2) is 11.6. The Labute approximate surface area is 147 Å². The van der Waals surface area contributed by atoms with E-state index in [1.54, 1.807) is 0 Å². The number of hydrogen-bond donors (Lipinski definition) is 2. The standard InChI is InChI=1S/C21H32N2O/c1-4-12-19(5-2)23-17(3)20(22)15-10-7-11-16-21(24)18-13-8-6-9-14-18/h4,6,8-9,12-14,19-20,23H,3,5,7,10-11,15-16,22H2,1-2H3. The molecule has 3 heteroatoms. The summed E-state index contributed by atoms with van der Waals surface area (Å²) < 4.78 is 0. The molecule has 0 heterocycles. The number of nitrogens with one attached hydrogen (secondary N) is 1. The summed E-state index contributed by atoms with van der Waals surface area (Å²) in [5, 5.41) is 3.39. The van der Waals surface area contributed by atoms with Gasteiger partial charge in [-0.25, -0.2) is 0 Å². The number of nitrogens with two attached hydrogens (primary N) is 1. The van der Waals surface area contributed by atoms with Crippen molar-refractivity contribution in [1.82, 2.24) is 5.32 Å². The van der Waals surface area contributed by atoms with E-state index in [9.17, 15) is 4.79 Å². The first-order valence-electron chi connectivity index (χ1n) is 9.00. The molecule has 24 heavy (non-hydrogen) atoms. The third-order valence-electron chi connectivity index (χ3n) is 4.20. The fourth-order valence-electron chi connectivity index (χ4n) is 2.63. The molecular weight excluding hydrogens is 296 g/mol. The van der Waals surface area contributed by atoms with Crippen molar-refractivity contribution in [3.05, 3.63) is 60.3 Å². The summed E-state index contributed by atoms with van der Waals surface area (Å²) in [4.78, 5) is 12.0. The zero-order chi connectivity index (χ0) is 17.8. The zero-order valence-electron chi connectivity index (χ0n) is 15.1. The van der Waals surface area contributed by atoms with Crippen LogP contribution in [0.2, 0.25) is 0 Å². The Morgan fingerprint density at radius 1 is 1.25 bits per heavy atom. The molecule has 0 saturated heterocycles. The zero-order valence-corrected chi connectivity index (χ0v) is 15.1. The molecule has 0 aliphatic carbocycles. The Morgan fingerprint density at radius 2 is 1.96 bits per heavy atom. The summed E-state index contributed by atoms with van der Waals surface area (Å²) in [6.45, 7) is 8.22. The second-order valence-corrected chi connectivity index (χ2v) is 6.21. The monoisotopic (exact) mass is 328 g/mol. The van der Waals surface area contributed by atoms with Gasteiger partial charge >= 0.3 is 0 Å². The van der Waals surface area contributed by atoms with Crippen molar-refractivity contribution in [1.29, 1.82) is 0 Å². The lowest BCUT2D eigenvalue weighted by molar-refractivity contribution is 0.0979. The molecule has 0 fully saturated rings. The van der Waals surface area contributed by atoms with Gasteiger partial charge in [-0.2, -0.15) is 0 Å². The largest absolute Gasteiger partial charge is 0.381 e. The number of unbranched alkanes of at least 4 members (excludes halogenated alkanes) is 2. The SMILES string of the molecule is C=C(NC(C=CC)CC)C(N)CCCCCC(=O)c1ccccc1. The smallest absolute Gasteiger partial charge is 0.162 e. The van der Waals surface area contributed by atoms with Crippen LogP contribution in [0.5, 0.6) is 0 Å². The summed E-state index contributed by atoms with van der Waals surface area (Å²) in [6, 6.07) is 9.76. The molecule has 0 bridgehead atoms. The number of rotatable bonds is 12. The van der Waals surface area contributed by atoms with Gasteiger partial charge in [-0.3, -0.25) is 4.79 Å². The van der Waals surface area contributed by atoms with Crippen molar-refractivity contribution >= 4 is 5.78 Å². The van der Waals surface area contributed by atoms with Crippen LogP contribution in [-0.2, 0) is 0 Å². The van der Waals surface area contributed by atoms with Crippen molar-refractivity contribution in [3.8, 4) is 0 Å².